The van der Waals surface area contributed by atoms with Crippen molar-refractivity contribution in [2.45, 2.75) is 58.0 Å². The molecule has 0 saturated heterocycles. The standard InChI is InChI=1S/C16H21F3O/c1-2-3-6-13-8-10-14(11-9-13)15(20)7-4-5-12-16(17,18)19/h8-11H,2-7,12H2,1H3. The van der Waals surface area contributed by atoms with Gasteiger partial charge in [0.05, 0.1) is 0 Å². The third-order valence-electron chi connectivity index (χ3n) is 3.21. The Morgan fingerprint density at radius 2 is 1.70 bits per heavy atom. The minimum absolute atomic E-state index is 0.0177. The van der Waals surface area contributed by atoms with Crippen LogP contribution >= 0.6 is 0 Å². The molecular formula is C16H21F3O. The molecule has 1 aromatic rings. The van der Waals surface area contributed by atoms with Crippen LogP contribution in [0.15, 0.2) is 24.3 Å². The maximum atomic E-state index is 12.0. The SMILES string of the molecule is CCCCc1ccc(C(=O)CCCCC(F)(F)F)cc1. The van der Waals surface area contributed by atoms with Gasteiger partial charge in [-0.1, -0.05) is 37.6 Å². The largest absolute Gasteiger partial charge is 0.389 e. The number of benzene rings is 1. The van der Waals surface area contributed by atoms with Crippen molar-refractivity contribution >= 4 is 5.78 Å². The molecular weight excluding hydrogens is 265 g/mol. The Kier molecular flexibility index (Phi) is 6.76. The Morgan fingerprint density at radius 3 is 2.25 bits per heavy atom. The lowest BCUT2D eigenvalue weighted by Gasteiger charge is -2.06. The average Bonchev–Trinajstić information content (AvgIpc) is 2.40. The second-order valence-corrected chi connectivity index (χ2v) is 5.05. The summed E-state index contributed by atoms with van der Waals surface area (Å²) >= 11 is 0. The second kappa shape index (κ2) is 8.08. The zero-order valence-corrected chi connectivity index (χ0v) is 11.8. The van der Waals surface area contributed by atoms with Crippen LogP contribution in [-0.2, 0) is 6.42 Å². The zero-order chi connectivity index (χ0) is 15.0. The lowest BCUT2D eigenvalue weighted by atomic mass is 10.0. The molecule has 4 heteroatoms. The highest BCUT2D eigenvalue weighted by Crippen LogP contribution is 2.23. The summed E-state index contributed by atoms with van der Waals surface area (Å²) in [7, 11) is 0. The van der Waals surface area contributed by atoms with Gasteiger partial charge in [-0.2, -0.15) is 13.2 Å². The molecule has 0 saturated carbocycles. The van der Waals surface area contributed by atoms with Crippen molar-refractivity contribution in [1.82, 2.24) is 0 Å². The normalized spacial score (nSPS) is 11.6. The lowest BCUT2D eigenvalue weighted by Crippen LogP contribution is -2.07. The van der Waals surface area contributed by atoms with Crippen LogP contribution in [0.5, 0.6) is 0 Å². The van der Waals surface area contributed by atoms with E-state index < -0.39 is 12.6 Å². The van der Waals surface area contributed by atoms with Gasteiger partial charge in [-0.3, -0.25) is 4.79 Å². The molecule has 0 spiro atoms. The molecule has 20 heavy (non-hydrogen) atoms. The van der Waals surface area contributed by atoms with Gasteiger partial charge in [0.25, 0.3) is 0 Å². The van der Waals surface area contributed by atoms with Gasteiger partial charge in [-0.05, 0) is 31.2 Å². The number of carbonyl (C=O) groups excluding carboxylic acids is 1. The van der Waals surface area contributed by atoms with Crippen molar-refractivity contribution < 1.29 is 18.0 Å². The average molecular weight is 286 g/mol. The summed E-state index contributed by atoms with van der Waals surface area (Å²) < 4.78 is 35.9. The quantitative estimate of drug-likeness (QED) is 0.466. The van der Waals surface area contributed by atoms with Gasteiger partial charge in [0.1, 0.15) is 0 Å². The van der Waals surface area contributed by atoms with Gasteiger partial charge in [-0.15, -0.1) is 0 Å². The van der Waals surface area contributed by atoms with Crippen LogP contribution in [0.4, 0.5) is 13.2 Å². The van der Waals surface area contributed by atoms with Crippen LogP contribution in [0.2, 0.25) is 0 Å². The summed E-state index contributed by atoms with van der Waals surface area (Å²) in [4.78, 5) is 11.8. The molecule has 1 aromatic carbocycles. The van der Waals surface area contributed by atoms with Crippen LogP contribution in [0.1, 0.15) is 61.4 Å². The van der Waals surface area contributed by atoms with Gasteiger partial charge >= 0.3 is 6.18 Å². The molecule has 0 aromatic heterocycles. The molecule has 0 heterocycles. The first-order valence-electron chi connectivity index (χ1n) is 7.11. The number of Topliss-reactive ketones (excluding diaryl/α,β-unsaturated/α-hetero) is 1. The minimum Gasteiger partial charge on any atom is -0.294 e. The Labute approximate surface area is 118 Å². The second-order valence-electron chi connectivity index (χ2n) is 5.05. The van der Waals surface area contributed by atoms with Crippen molar-refractivity contribution in [3.05, 3.63) is 35.4 Å². The number of rotatable bonds is 8. The lowest BCUT2D eigenvalue weighted by molar-refractivity contribution is -0.135. The number of alkyl halides is 3. The fraction of sp³-hybridized carbons (Fsp3) is 0.562. The predicted molar refractivity (Wildman–Crippen MR) is 73.9 cm³/mol. The highest BCUT2D eigenvalue weighted by atomic mass is 19.4. The smallest absolute Gasteiger partial charge is 0.294 e. The van der Waals surface area contributed by atoms with Crippen molar-refractivity contribution in [3.8, 4) is 0 Å². The van der Waals surface area contributed by atoms with Crippen molar-refractivity contribution in [3.63, 3.8) is 0 Å². The summed E-state index contributed by atoms with van der Waals surface area (Å²) in [5.41, 5.74) is 1.79. The van der Waals surface area contributed by atoms with Gasteiger partial charge in [0.2, 0.25) is 0 Å². The number of unbranched alkanes of at least 4 members (excludes halogenated alkanes) is 2. The maximum absolute atomic E-state index is 12.0. The van der Waals surface area contributed by atoms with Crippen molar-refractivity contribution in [2.24, 2.45) is 0 Å². The molecule has 0 bridgehead atoms. The third kappa shape index (κ3) is 6.73. The molecule has 1 rings (SSSR count). The Bertz CT molecular complexity index is 407. The molecule has 0 fully saturated rings. The van der Waals surface area contributed by atoms with E-state index in [1.165, 1.54) is 5.56 Å². The van der Waals surface area contributed by atoms with Crippen LogP contribution in [0.25, 0.3) is 0 Å². The highest BCUT2D eigenvalue weighted by Gasteiger charge is 2.25. The molecule has 0 aliphatic rings. The van der Waals surface area contributed by atoms with Crippen molar-refractivity contribution in [2.75, 3.05) is 0 Å². The van der Waals surface area contributed by atoms with E-state index in [1.807, 2.05) is 12.1 Å². The fourth-order valence-corrected chi connectivity index (χ4v) is 1.99. The van der Waals surface area contributed by atoms with E-state index in [-0.39, 0.29) is 25.0 Å². The number of hydrogen-bond donors (Lipinski definition) is 0. The molecule has 0 atom stereocenters. The summed E-state index contributed by atoms with van der Waals surface area (Å²) in [6.07, 6.45) is -1.20. The molecule has 0 N–H and O–H groups in total. The minimum atomic E-state index is -4.12. The summed E-state index contributed by atoms with van der Waals surface area (Å²) in [5.74, 6) is -0.0748. The molecule has 0 aliphatic carbocycles. The van der Waals surface area contributed by atoms with Gasteiger partial charge in [0.15, 0.2) is 5.78 Å². The molecule has 1 nitrogen and oxygen atoms in total. The number of ketones is 1. The summed E-state index contributed by atoms with van der Waals surface area (Å²) in [6.45, 7) is 2.12. The van der Waals surface area contributed by atoms with Gasteiger partial charge in [-0.25, -0.2) is 0 Å². The van der Waals surface area contributed by atoms with Crippen LogP contribution in [0, 0.1) is 0 Å². The summed E-state index contributed by atoms with van der Waals surface area (Å²) in [6, 6.07) is 7.41. The van der Waals surface area contributed by atoms with Crippen LogP contribution in [0.3, 0.4) is 0 Å². The fourth-order valence-electron chi connectivity index (χ4n) is 1.99. The zero-order valence-electron chi connectivity index (χ0n) is 11.8. The number of halogens is 3. The van der Waals surface area contributed by atoms with Crippen LogP contribution < -0.4 is 0 Å². The Morgan fingerprint density at radius 1 is 1.05 bits per heavy atom. The predicted octanol–water partition coefficient (Wildman–Crippen LogP) is 5.33. The molecule has 0 amide bonds. The van der Waals surface area contributed by atoms with Crippen LogP contribution in [-0.4, -0.2) is 12.0 Å². The number of hydrogen-bond acceptors (Lipinski definition) is 1. The van der Waals surface area contributed by atoms with Crippen molar-refractivity contribution in [1.29, 1.82) is 0 Å². The van der Waals surface area contributed by atoms with Gasteiger partial charge < -0.3 is 0 Å². The van der Waals surface area contributed by atoms with E-state index in [1.54, 1.807) is 12.1 Å². The first-order chi connectivity index (χ1) is 9.42. The summed E-state index contributed by atoms with van der Waals surface area (Å²) in [5, 5.41) is 0. The molecule has 0 aliphatic heterocycles. The van der Waals surface area contributed by atoms with E-state index in [0.717, 1.165) is 19.3 Å². The van der Waals surface area contributed by atoms with E-state index in [0.29, 0.717) is 5.56 Å². The Hall–Kier alpha value is -1.32. The topological polar surface area (TPSA) is 17.1 Å². The Balaban J connectivity index is 2.36. The first kappa shape index (κ1) is 16.7. The molecule has 0 radical (unpaired) electrons. The number of aryl methyl sites for hydroxylation is 1. The van der Waals surface area contributed by atoms with E-state index in [2.05, 4.69) is 6.92 Å². The van der Waals surface area contributed by atoms with Gasteiger partial charge in [0, 0.05) is 18.4 Å². The van der Waals surface area contributed by atoms with E-state index in [9.17, 15) is 18.0 Å². The van der Waals surface area contributed by atoms with E-state index in [4.69, 9.17) is 0 Å². The monoisotopic (exact) mass is 286 g/mol. The first-order valence-corrected chi connectivity index (χ1v) is 7.11. The third-order valence-corrected chi connectivity index (χ3v) is 3.21. The maximum Gasteiger partial charge on any atom is 0.389 e. The molecule has 112 valence electrons. The highest BCUT2D eigenvalue weighted by molar-refractivity contribution is 5.96. The number of carbonyl (C=O) groups is 1. The van der Waals surface area contributed by atoms with E-state index >= 15 is 0 Å². The molecule has 0 unspecified atom stereocenters.